The molecule has 0 radical (unpaired) electrons. The monoisotopic (exact) mass is 801 g/mol. The number of amides is 9. The summed E-state index contributed by atoms with van der Waals surface area (Å²) in [7, 11) is 0. The van der Waals surface area contributed by atoms with Gasteiger partial charge in [-0.25, -0.2) is 43.2 Å². The van der Waals surface area contributed by atoms with Gasteiger partial charge in [-0.1, -0.05) is 0 Å². The first-order valence-corrected chi connectivity index (χ1v) is 15.2. The molecule has 0 aliphatic carbocycles. The number of nitrogens with two attached hydrogens (primary N) is 9. The maximum Gasteiger partial charge on any atom is 0.404 e. The zero-order valence-corrected chi connectivity index (χ0v) is 32.4. The van der Waals surface area contributed by atoms with E-state index in [9.17, 15) is 43.2 Å². The van der Waals surface area contributed by atoms with E-state index in [2.05, 4.69) is 94.2 Å². The fourth-order valence-corrected chi connectivity index (χ4v) is 1.28. The minimum absolute atomic E-state index is 0.356. The van der Waals surface area contributed by atoms with Crippen molar-refractivity contribution in [2.45, 2.75) is 62.3 Å². The van der Waals surface area contributed by atoms with Gasteiger partial charge in [0.2, 0.25) is 0 Å². The number of rotatable bonds is 9. The van der Waals surface area contributed by atoms with Crippen LogP contribution in [-0.4, -0.2) is 114 Å². The maximum absolute atomic E-state index is 9.60. The molecular weight excluding hydrogens is 738 g/mol. The number of ether oxygens (including phenoxy) is 9. The van der Waals surface area contributed by atoms with Gasteiger partial charge < -0.3 is 94.2 Å². The van der Waals surface area contributed by atoms with Gasteiger partial charge in [0.25, 0.3) is 0 Å². The van der Waals surface area contributed by atoms with E-state index in [4.69, 9.17) is 0 Å². The molecule has 0 saturated carbocycles. The van der Waals surface area contributed by atoms with Crippen molar-refractivity contribution in [2.24, 2.45) is 51.6 Å². The van der Waals surface area contributed by atoms with Gasteiger partial charge in [-0.15, -0.1) is 0 Å². The highest BCUT2D eigenvalue weighted by Crippen LogP contribution is 1.70. The Hall–Kier alpha value is -6.57. The third-order valence-electron chi connectivity index (χ3n) is 2.58. The molecule has 27 heteroatoms. The van der Waals surface area contributed by atoms with Gasteiger partial charge >= 0.3 is 54.8 Å². The van der Waals surface area contributed by atoms with Crippen molar-refractivity contribution in [3.8, 4) is 0 Å². The summed E-state index contributed by atoms with van der Waals surface area (Å²) in [6.07, 6.45) is -6.40. The van der Waals surface area contributed by atoms with Crippen LogP contribution in [0.3, 0.4) is 0 Å². The minimum atomic E-state index is -0.711. The molecule has 0 aromatic heterocycles. The lowest BCUT2D eigenvalue weighted by atomic mass is 10.9. The number of carbonyl (C=O) groups is 9. The molecule has 0 unspecified atom stereocenters. The predicted octanol–water partition coefficient (Wildman–Crippen LogP) is 0.914. The van der Waals surface area contributed by atoms with E-state index in [-0.39, 0.29) is 0 Å². The SMILES string of the molecule is CCOC(N)=O.CCOC(N)=O.CCOC(N)=O.CCOC(N)=O.CCOC(N)=O.CCOC(N)=O.CCOC(N)=O.CCOC(N)=O.CCOC(N)=O. The van der Waals surface area contributed by atoms with Crippen molar-refractivity contribution in [1.82, 2.24) is 0 Å². The van der Waals surface area contributed by atoms with Crippen LogP contribution in [0.25, 0.3) is 0 Å². The molecule has 0 aliphatic heterocycles. The largest absolute Gasteiger partial charge is 0.450 e. The van der Waals surface area contributed by atoms with Crippen molar-refractivity contribution < 1.29 is 85.8 Å². The number of hydrogen-bond acceptors (Lipinski definition) is 18. The Balaban J connectivity index is -0.0000000603. The first kappa shape index (κ1) is 69.2. The van der Waals surface area contributed by atoms with Gasteiger partial charge in [0.1, 0.15) is 0 Å². The highest BCUT2D eigenvalue weighted by atomic mass is 16.6. The molecule has 0 rings (SSSR count). The summed E-state index contributed by atoms with van der Waals surface area (Å²) >= 11 is 0. The molecule has 54 heavy (non-hydrogen) atoms. The molecule has 324 valence electrons. The van der Waals surface area contributed by atoms with Gasteiger partial charge in [-0.3, -0.25) is 0 Å². The molecule has 27 nitrogen and oxygen atoms in total. The van der Waals surface area contributed by atoms with Crippen LogP contribution >= 0.6 is 0 Å². The van der Waals surface area contributed by atoms with E-state index < -0.39 is 54.8 Å². The number of carbonyl (C=O) groups excluding carboxylic acids is 9. The highest BCUT2D eigenvalue weighted by Gasteiger charge is 1.86. The second kappa shape index (κ2) is 64.9. The van der Waals surface area contributed by atoms with Crippen LogP contribution in [-0.2, 0) is 42.6 Å². The minimum Gasteiger partial charge on any atom is -0.450 e. The zero-order valence-electron chi connectivity index (χ0n) is 32.4. The molecular formula is C27H63N9O18. The molecule has 9 amide bonds. The average molecular weight is 802 g/mol. The Labute approximate surface area is 314 Å². The van der Waals surface area contributed by atoms with Crippen LogP contribution in [0.15, 0.2) is 0 Å². The van der Waals surface area contributed by atoms with Crippen LogP contribution in [0.5, 0.6) is 0 Å². The quantitative estimate of drug-likeness (QED) is 0.146. The standard InChI is InChI=1S/9C3H7NO2/c9*1-2-6-3(4)5/h9*2H2,1H3,(H2,4,5). The van der Waals surface area contributed by atoms with Gasteiger partial charge in [0.15, 0.2) is 0 Å². The molecule has 0 bridgehead atoms. The van der Waals surface area contributed by atoms with Crippen LogP contribution in [0.1, 0.15) is 62.3 Å². The second-order valence-electron chi connectivity index (χ2n) is 6.77. The summed E-state index contributed by atoms with van der Waals surface area (Å²) in [6.45, 7) is 18.5. The average Bonchev–Trinajstić information content (AvgIpc) is 2.99. The molecule has 0 fully saturated rings. The van der Waals surface area contributed by atoms with Crippen molar-refractivity contribution in [3.63, 3.8) is 0 Å². The first-order chi connectivity index (χ1) is 24.9. The normalized spacial score (nSPS) is 7.50. The molecule has 0 aliphatic rings. The topological polar surface area (TPSA) is 471 Å². The van der Waals surface area contributed by atoms with Crippen LogP contribution in [0.4, 0.5) is 43.2 Å². The summed E-state index contributed by atoms with van der Waals surface area (Å²) in [4.78, 5) is 86.4. The Kier molecular flexibility index (Phi) is 83.2. The van der Waals surface area contributed by atoms with E-state index in [1.54, 1.807) is 62.3 Å². The van der Waals surface area contributed by atoms with Crippen molar-refractivity contribution >= 4 is 54.8 Å². The molecule has 0 saturated heterocycles. The van der Waals surface area contributed by atoms with E-state index in [1.165, 1.54) is 0 Å². The Bertz CT molecular complexity index is 703. The van der Waals surface area contributed by atoms with Crippen LogP contribution in [0, 0.1) is 0 Å². The Morgan fingerprint density at radius 2 is 0.278 bits per heavy atom. The fourth-order valence-electron chi connectivity index (χ4n) is 1.28. The third-order valence-corrected chi connectivity index (χ3v) is 2.58. The van der Waals surface area contributed by atoms with Gasteiger partial charge in [0, 0.05) is 0 Å². The maximum atomic E-state index is 9.60. The summed E-state index contributed by atoms with van der Waals surface area (Å²) in [6, 6.07) is 0. The number of hydrogen-bond donors (Lipinski definition) is 9. The van der Waals surface area contributed by atoms with Crippen LogP contribution in [0.2, 0.25) is 0 Å². The molecule has 0 aromatic carbocycles. The Morgan fingerprint density at radius 3 is 0.278 bits per heavy atom. The lowest BCUT2D eigenvalue weighted by Gasteiger charge is -1.89. The van der Waals surface area contributed by atoms with Gasteiger partial charge in [-0.05, 0) is 62.3 Å². The van der Waals surface area contributed by atoms with Crippen molar-refractivity contribution in [1.29, 1.82) is 0 Å². The van der Waals surface area contributed by atoms with E-state index >= 15 is 0 Å². The van der Waals surface area contributed by atoms with E-state index in [1.807, 2.05) is 0 Å². The molecule has 0 spiro atoms. The molecule has 0 atom stereocenters. The van der Waals surface area contributed by atoms with Crippen molar-refractivity contribution in [2.75, 3.05) is 59.5 Å². The third kappa shape index (κ3) is 215. The number of primary amides is 9. The summed E-state index contributed by atoms with van der Waals surface area (Å²) in [5.74, 6) is 0. The van der Waals surface area contributed by atoms with E-state index in [0.717, 1.165) is 0 Å². The fraction of sp³-hybridized carbons (Fsp3) is 0.667. The van der Waals surface area contributed by atoms with Crippen LogP contribution < -0.4 is 51.6 Å². The first-order valence-electron chi connectivity index (χ1n) is 15.2. The lowest BCUT2D eigenvalue weighted by Crippen LogP contribution is -2.11. The Morgan fingerprint density at radius 1 is 0.222 bits per heavy atom. The molecule has 0 aromatic rings. The highest BCUT2D eigenvalue weighted by molar-refractivity contribution is 5.66. The van der Waals surface area contributed by atoms with E-state index in [0.29, 0.717) is 59.5 Å². The zero-order chi connectivity index (χ0) is 44.9. The molecule has 18 N–H and O–H groups in total. The summed E-state index contributed by atoms with van der Waals surface area (Å²) < 4.78 is 37.6. The van der Waals surface area contributed by atoms with Gasteiger partial charge in [-0.2, -0.15) is 0 Å². The lowest BCUT2D eigenvalue weighted by molar-refractivity contribution is 0.162. The second-order valence-corrected chi connectivity index (χ2v) is 6.77. The van der Waals surface area contributed by atoms with Crippen molar-refractivity contribution in [3.05, 3.63) is 0 Å². The smallest absolute Gasteiger partial charge is 0.404 e. The predicted molar refractivity (Wildman–Crippen MR) is 191 cm³/mol. The summed E-state index contributed by atoms with van der Waals surface area (Å²) in [5.41, 5.74) is 40.9. The van der Waals surface area contributed by atoms with Gasteiger partial charge in [0.05, 0.1) is 59.5 Å². The molecule has 0 heterocycles. The summed E-state index contributed by atoms with van der Waals surface area (Å²) in [5, 5.41) is 0.